The van der Waals surface area contributed by atoms with E-state index in [4.69, 9.17) is 18.9 Å². The van der Waals surface area contributed by atoms with Gasteiger partial charge in [-0.25, -0.2) is 0 Å². The van der Waals surface area contributed by atoms with Crippen molar-refractivity contribution in [3.8, 4) is 23.0 Å². The number of hydrogen-bond acceptors (Lipinski definition) is 5. The average Bonchev–Trinajstić information content (AvgIpc) is 2.70. The van der Waals surface area contributed by atoms with Gasteiger partial charge in [-0.15, -0.1) is 0 Å². The number of hydrogen-bond donors (Lipinski definition) is 1. The number of carbonyl (C=O) groups excluding carboxylic acids is 1. The van der Waals surface area contributed by atoms with Crippen LogP contribution in [0.25, 0.3) is 0 Å². The van der Waals surface area contributed by atoms with Crippen LogP contribution < -0.4 is 24.3 Å². The molecule has 1 aliphatic heterocycles. The van der Waals surface area contributed by atoms with Gasteiger partial charge >= 0.3 is 0 Å². The van der Waals surface area contributed by atoms with Crippen molar-refractivity contribution >= 4 is 5.91 Å². The number of fused-ring (bicyclic) bond motifs is 1. The second-order valence-electron chi connectivity index (χ2n) is 5.93. The largest absolute Gasteiger partial charge is 0.497 e. The molecule has 0 aliphatic carbocycles. The van der Waals surface area contributed by atoms with E-state index in [1.54, 1.807) is 7.11 Å². The maximum atomic E-state index is 11.9. The molecule has 6 heteroatoms. The van der Waals surface area contributed by atoms with E-state index in [1.165, 1.54) is 0 Å². The Morgan fingerprint density at radius 1 is 1.12 bits per heavy atom. The van der Waals surface area contributed by atoms with Crippen molar-refractivity contribution in [3.05, 3.63) is 48.5 Å². The van der Waals surface area contributed by atoms with E-state index in [9.17, 15) is 4.79 Å². The van der Waals surface area contributed by atoms with Crippen molar-refractivity contribution in [2.75, 3.05) is 26.9 Å². The quantitative estimate of drug-likeness (QED) is 0.736. The Bertz CT molecular complexity index is 716. The van der Waals surface area contributed by atoms with Crippen molar-refractivity contribution in [3.63, 3.8) is 0 Å². The number of nitrogens with one attached hydrogen (secondary N) is 1. The van der Waals surface area contributed by atoms with Gasteiger partial charge in [0.1, 0.15) is 24.2 Å². The molecule has 2 aromatic carbocycles. The molecule has 2 aromatic rings. The van der Waals surface area contributed by atoms with Crippen LogP contribution in [0.2, 0.25) is 0 Å². The first-order chi connectivity index (χ1) is 12.7. The standard InChI is InChI=1S/C20H23NO5/c1-23-15-8-10-16(11-9-15)24-12-4-7-20(22)21-13-17-14-25-18-5-2-3-6-19(18)26-17/h2-3,5-6,8-11,17H,4,7,12-14H2,1H3,(H,21,22)/t17-/m1/s1. The summed E-state index contributed by atoms with van der Waals surface area (Å²) >= 11 is 0. The molecule has 0 fully saturated rings. The lowest BCUT2D eigenvalue weighted by Gasteiger charge is -2.26. The number of rotatable bonds is 8. The molecule has 1 atom stereocenters. The van der Waals surface area contributed by atoms with Crippen molar-refractivity contribution in [1.29, 1.82) is 0 Å². The van der Waals surface area contributed by atoms with Gasteiger partial charge in [-0.1, -0.05) is 12.1 Å². The van der Waals surface area contributed by atoms with Gasteiger partial charge in [-0.3, -0.25) is 4.79 Å². The Morgan fingerprint density at radius 2 is 1.85 bits per heavy atom. The minimum atomic E-state index is -0.176. The summed E-state index contributed by atoms with van der Waals surface area (Å²) in [4.78, 5) is 11.9. The number of carbonyl (C=O) groups is 1. The smallest absolute Gasteiger partial charge is 0.220 e. The lowest BCUT2D eigenvalue weighted by Crippen LogP contribution is -2.40. The Labute approximate surface area is 153 Å². The number of benzene rings is 2. The Hall–Kier alpha value is -2.89. The van der Waals surface area contributed by atoms with E-state index in [2.05, 4.69) is 5.32 Å². The van der Waals surface area contributed by atoms with Gasteiger partial charge in [0.15, 0.2) is 11.5 Å². The molecule has 1 amide bonds. The molecule has 0 saturated carbocycles. The van der Waals surface area contributed by atoms with Crippen molar-refractivity contribution < 1.29 is 23.7 Å². The summed E-state index contributed by atoms with van der Waals surface area (Å²) in [6.45, 7) is 1.33. The second-order valence-corrected chi connectivity index (χ2v) is 5.93. The maximum Gasteiger partial charge on any atom is 0.220 e. The molecule has 26 heavy (non-hydrogen) atoms. The Morgan fingerprint density at radius 3 is 2.62 bits per heavy atom. The molecule has 6 nitrogen and oxygen atoms in total. The summed E-state index contributed by atoms with van der Waals surface area (Å²) in [6.07, 6.45) is 0.868. The van der Waals surface area contributed by atoms with Crippen LogP contribution >= 0.6 is 0 Å². The van der Waals surface area contributed by atoms with Crippen LogP contribution in [0.1, 0.15) is 12.8 Å². The maximum absolute atomic E-state index is 11.9. The van der Waals surface area contributed by atoms with E-state index in [-0.39, 0.29) is 12.0 Å². The van der Waals surface area contributed by atoms with Gasteiger partial charge in [0.2, 0.25) is 5.91 Å². The molecule has 0 bridgehead atoms. The Balaban J connectivity index is 1.31. The highest BCUT2D eigenvalue weighted by Crippen LogP contribution is 2.30. The highest BCUT2D eigenvalue weighted by atomic mass is 16.6. The van der Waals surface area contributed by atoms with Gasteiger partial charge < -0.3 is 24.3 Å². The third kappa shape index (κ3) is 5.05. The fourth-order valence-corrected chi connectivity index (χ4v) is 2.57. The third-order valence-electron chi connectivity index (χ3n) is 3.97. The molecule has 0 saturated heterocycles. The molecule has 138 valence electrons. The number of amides is 1. The summed E-state index contributed by atoms with van der Waals surface area (Å²) in [5.41, 5.74) is 0. The van der Waals surface area contributed by atoms with E-state index in [0.29, 0.717) is 38.3 Å². The first-order valence-electron chi connectivity index (χ1n) is 8.66. The van der Waals surface area contributed by atoms with Crippen LogP contribution in [-0.2, 0) is 4.79 Å². The van der Waals surface area contributed by atoms with Crippen LogP contribution in [0.15, 0.2) is 48.5 Å². The van der Waals surface area contributed by atoms with Gasteiger partial charge in [0, 0.05) is 6.42 Å². The summed E-state index contributed by atoms with van der Waals surface area (Å²) in [6, 6.07) is 14.9. The fraction of sp³-hybridized carbons (Fsp3) is 0.350. The monoisotopic (exact) mass is 357 g/mol. The van der Waals surface area contributed by atoms with Crippen molar-refractivity contribution in [2.24, 2.45) is 0 Å². The van der Waals surface area contributed by atoms with Gasteiger partial charge in [0.25, 0.3) is 0 Å². The van der Waals surface area contributed by atoms with Crippen LogP contribution in [-0.4, -0.2) is 38.9 Å². The summed E-state index contributed by atoms with van der Waals surface area (Å²) in [5.74, 6) is 2.98. The number of para-hydroxylation sites is 2. The van der Waals surface area contributed by atoms with Crippen molar-refractivity contribution in [1.82, 2.24) is 5.32 Å². The first kappa shape index (κ1) is 17.9. The molecule has 1 aliphatic rings. The van der Waals surface area contributed by atoms with E-state index in [0.717, 1.165) is 17.2 Å². The average molecular weight is 357 g/mol. The van der Waals surface area contributed by atoms with E-state index >= 15 is 0 Å². The minimum absolute atomic E-state index is 0.0224. The SMILES string of the molecule is COc1ccc(OCCCC(=O)NC[C@@H]2COc3ccccc3O2)cc1. The highest BCUT2D eigenvalue weighted by Gasteiger charge is 2.20. The van der Waals surface area contributed by atoms with Crippen LogP contribution in [0.5, 0.6) is 23.0 Å². The van der Waals surface area contributed by atoms with Crippen molar-refractivity contribution in [2.45, 2.75) is 18.9 Å². The lowest BCUT2D eigenvalue weighted by atomic mass is 10.2. The predicted molar refractivity (Wildman–Crippen MR) is 97.1 cm³/mol. The highest BCUT2D eigenvalue weighted by molar-refractivity contribution is 5.75. The van der Waals surface area contributed by atoms with Gasteiger partial charge in [-0.05, 0) is 42.8 Å². The summed E-state index contributed by atoms with van der Waals surface area (Å²) in [5, 5.41) is 2.88. The van der Waals surface area contributed by atoms with E-state index in [1.807, 2.05) is 48.5 Å². The summed E-state index contributed by atoms with van der Waals surface area (Å²) < 4.78 is 22.1. The molecule has 3 rings (SSSR count). The molecule has 0 unspecified atom stereocenters. The predicted octanol–water partition coefficient (Wildman–Crippen LogP) is 2.81. The van der Waals surface area contributed by atoms with E-state index < -0.39 is 0 Å². The summed E-state index contributed by atoms with van der Waals surface area (Å²) in [7, 11) is 1.62. The lowest BCUT2D eigenvalue weighted by molar-refractivity contribution is -0.121. The van der Waals surface area contributed by atoms with Crippen LogP contribution in [0.4, 0.5) is 0 Å². The molecule has 1 N–H and O–H groups in total. The second kappa shape index (κ2) is 8.99. The molecular weight excluding hydrogens is 334 g/mol. The number of ether oxygens (including phenoxy) is 4. The molecular formula is C20H23NO5. The molecule has 0 spiro atoms. The molecule has 0 aromatic heterocycles. The normalized spacial score (nSPS) is 15.2. The van der Waals surface area contributed by atoms with Gasteiger partial charge in [0.05, 0.1) is 20.3 Å². The van der Waals surface area contributed by atoms with Crippen LogP contribution in [0, 0.1) is 0 Å². The number of methoxy groups -OCH3 is 1. The van der Waals surface area contributed by atoms with Gasteiger partial charge in [-0.2, -0.15) is 0 Å². The fourth-order valence-electron chi connectivity index (χ4n) is 2.57. The third-order valence-corrected chi connectivity index (χ3v) is 3.97. The minimum Gasteiger partial charge on any atom is -0.497 e. The van der Waals surface area contributed by atoms with Crippen LogP contribution in [0.3, 0.4) is 0 Å². The topological polar surface area (TPSA) is 66.0 Å². The first-order valence-corrected chi connectivity index (χ1v) is 8.66. The zero-order valence-electron chi connectivity index (χ0n) is 14.8. The molecule has 0 radical (unpaired) electrons. The Kier molecular flexibility index (Phi) is 6.19. The molecule has 1 heterocycles. The zero-order valence-corrected chi connectivity index (χ0v) is 14.8. The zero-order chi connectivity index (χ0) is 18.2.